The van der Waals surface area contributed by atoms with Crippen molar-refractivity contribution >= 4 is 29.0 Å². The zero-order chi connectivity index (χ0) is 11.1. The van der Waals surface area contributed by atoms with E-state index in [1.54, 1.807) is 12.1 Å². The lowest BCUT2D eigenvalue weighted by molar-refractivity contribution is 0.0966. The van der Waals surface area contributed by atoms with Gasteiger partial charge < -0.3 is 0 Å². The van der Waals surface area contributed by atoms with Crippen LogP contribution in [0.5, 0.6) is 0 Å². The maximum atomic E-state index is 12.1. The molecule has 4 nitrogen and oxygen atoms in total. The molecular weight excluding hydrogens is 224 g/mol. The molecule has 1 aromatic rings. The summed E-state index contributed by atoms with van der Waals surface area (Å²) in [5, 5.41) is -0.405. The van der Waals surface area contributed by atoms with Crippen LogP contribution in [0, 0.1) is 0 Å². The maximum absolute atomic E-state index is 12.1. The van der Waals surface area contributed by atoms with Gasteiger partial charge in [-0.2, -0.15) is 0 Å². The monoisotopic (exact) mass is 232 g/mol. The molecule has 0 radical (unpaired) electrons. The van der Waals surface area contributed by atoms with Crippen molar-refractivity contribution in [3.8, 4) is 0 Å². The lowest BCUT2D eigenvalue weighted by atomic mass is 9.91. The number of hydrogen-bond acceptors (Lipinski definition) is 5. The summed E-state index contributed by atoms with van der Waals surface area (Å²) in [6, 6.07) is 3.34. The SMILES string of the molecule is O=C1C2=NCCSC2C(=O)c2cccnc21. The fraction of sp³-hybridized carbons (Fsp3) is 0.273. The average molecular weight is 232 g/mol. The van der Waals surface area contributed by atoms with Gasteiger partial charge in [-0.3, -0.25) is 19.6 Å². The second-order valence-electron chi connectivity index (χ2n) is 3.61. The van der Waals surface area contributed by atoms with Crippen molar-refractivity contribution in [2.75, 3.05) is 12.3 Å². The zero-order valence-electron chi connectivity index (χ0n) is 8.34. The van der Waals surface area contributed by atoms with Crippen LogP contribution in [0.2, 0.25) is 0 Å². The highest BCUT2D eigenvalue weighted by Gasteiger charge is 2.40. The Hall–Kier alpha value is -1.49. The van der Waals surface area contributed by atoms with E-state index in [-0.39, 0.29) is 17.3 Å². The fourth-order valence-corrected chi connectivity index (χ4v) is 2.99. The van der Waals surface area contributed by atoms with Crippen LogP contribution in [-0.2, 0) is 0 Å². The summed E-state index contributed by atoms with van der Waals surface area (Å²) in [4.78, 5) is 32.3. The predicted octanol–water partition coefficient (Wildman–Crippen LogP) is 1.02. The first-order chi connectivity index (χ1) is 7.79. The van der Waals surface area contributed by atoms with E-state index in [0.717, 1.165) is 5.75 Å². The second kappa shape index (κ2) is 3.52. The number of nitrogens with zero attached hydrogens (tertiary/aromatic N) is 2. The van der Waals surface area contributed by atoms with Gasteiger partial charge in [0.2, 0.25) is 5.78 Å². The van der Waals surface area contributed by atoms with E-state index in [4.69, 9.17) is 0 Å². The zero-order valence-corrected chi connectivity index (χ0v) is 9.16. The van der Waals surface area contributed by atoms with E-state index in [1.807, 2.05) is 0 Å². The summed E-state index contributed by atoms with van der Waals surface area (Å²) < 4.78 is 0. The molecule has 1 aliphatic carbocycles. The van der Waals surface area contributed by atoms with Gasteiger partial charge in [-0.05, 0) is 12.1 Å². The Balaban J connectivity index is 2.22. The topological polar surface area (TPSA) is 59.4 Å². The molecule has 0 spiro atoms. The van der Waals surface area contributed by atoms with E-state index in [1.165, 1.54) is 18.0 Å². The molecule has 1 aliphatic heterocycles. The van der Waals surface area contributed by atoms with E-state index in [9.17, 15) is 9.59 Å². The van der Waals surface area contributed by atoms with Crippen LogP contribution in [0.4, 0.5) is 0 Å². The van der Waals surface area contributed by atoms with Crippen molar-refractivity contribution < 1.29 is 9.59 Å². The van der Waals surface area contributed by atoms with Gasteiger partial charge in [-0.1, -0.05) is 0 Å². The molecule has 16 heavy (non-hydrogen) atoms. The Morgan fingerprint density at radius 1 is 1.38 bits per heavy atom. The first kappa shape index (κ1) is 9.72. The molecule has 1 atom stereocenters. The lowest BCUT2D eigenvalue weighted by Gasteiger charge is -2.25. The molecule has 1 aromatic heterocycles. The molecule has 3 rings (SSSR count). The van der Waals surface area contributed by atoms with Gasteiger partial charge in [0, 0.05) is 24.1 Å². The third-order valence-electron chi connectivity index (χ3n) is 2.67. The summed E-state index contributed by atoms with van der Waals surface area (Å²) >= 11 is 1.49. The fourth-order valence-electron chi connectivity index (χ4n) is 1.94. The standard InChI is InChI=1S/C11H8N2O2S/c14-9-6-2-1-3-12-7(6)10(15)8-11(9)16-5-4-13-8/h1-3,11H,4-5H2. The Labute approximate surface area is 96.2 Å². The first-order valence-electron chi connectivity index (χ1n) is 4.99. The number of Topliss-reactive ketones (excluding diaryl/α,β-unsaturated/α-hetero) is 2. The number of pyridine rings is 1. The van der Waals surface area contributed by atoms with Crippen LogP contribution in [0.25, 0.3) is 0 Å². The quantitative estimate of drug-likeness (QED) is 0.670. The normalized spacial score (nSPS) is 23.5. The number of carbonyl (C=O) groups is 2. The Morgan fingerprint density at radius 3 is 3.12 bits per heavy atom. The van der Waals surface area contributed by atoms with Gasteiger partial charge in [0.1, 0.15) is 16.7 Å². The van der Waals surface area contributed by atoms with E-state index < -0.39 is 5.25 Å². The summed E-state index contributed by atoms with van der Waals surface area (Å²) in [6.07, 6.45) is 1.53. The third kappa shape index (κ3) is 1.24. The van der Waals surface area contributed by atoms with Gasteiger partial charge in [0.15, 0.2) is 5.78 Å². The van der Waals surface area contributed by atoms with E-state index >= 15 is 0 Å². The van der Waals surface area contributed by atoms with Crippen molar-refractivity contribution in [2.45, 2.75) is 5.25 Å². The van der Waals surface area contributed by atoms with Crippen molar-refractivity contribution in [3.05, 3.63) is 29.6 Å². The number of fused-ring (bicyclic) bond motifs is 2. The second-order valence-corrected chi connectivity index (χ2v) is 4.82. The Morgan fingerprint density at radius 2 is 2.25 bits per heavy atom. The molecule has 0 aromatic carbocycles. The van der Waals surface area contributed by atoms with Crippen molar-refractivity contribution in [2.24, 2.45) is 4.99 Å². The third-order valence-corrected chi connectivity index (χ3v) is 3.85. The number of hydrogen-bond donors (Lipinski definition) is 0. The first-order valence-corrected chi connectivity index (χ1v) is 6.04. The number of ketones is 2. The van der Waals surface area contributed by atoms with Crippen LogP contribution >= 0.6 is 11.8 Å². The van der Waals surface area contributed by atoms with E-state index in [2.05, 4.69) is 9.98 Å². The molecule has 5 heteroatoms. The summed E-state index contributed by atoms with van der Waals surface area (Å²) in [6.45, 7) is 0.609. The highest BCUT2D eigenvalue weighted by molar-refractivity contribution is 8.01. The number of aromatic nitrogens is 1. The number of carbonyl (C=O) groups excluding carboxylic acids is 2. The smallest absolute Gasteiger partial charge is 0.227 e. The highest BCUT2D eigenvalue weighted by atomic mass is 32.2. The predicted molar refractivity (Wildman–Crippen MR) is 61.4 cm³/mol. The number of thioether (sulfide) groups is 1. The van der Waals surface area contributed by atoms with Crippen molar-refractivity contribution in [1.82, 2.24) is 4.98 Å². The molecular formula is C11H8N2O2S. The maximum Gasteiger partial charge on any atom is 0.227 e. The molecule has 0 fully saturated rings. The minimum Gasteiger partial charge on any atom is -0.292 e. The minimum atomic E-state index is -0.405. The van der Waals surface area contributed by atoms with Crippen LogP contribution in [-0.4, -0.2) is 39.8 Å². The molecule has 1 unspecified atom stereocenters. The summed E-state index contributed by atoms with van der Waals surface area (Å²) in [5.74, 6) is 0.571. The average Bonchev–Trinajstić information content (AvgIpc) is 2.36. The summed E-state index contributed by atoms with van der Waals surface area (Å²) in [5.41, 5.74) is 1.07. The molecule has 2 heterocycles. The van der Waals surface area contributed by atoms with Gasteiger partial charge in [0.05, 0.1) is 0 Å². The van der Waals surface area contributed by atoms with Gasteiger partial charge in [0.25, 0.3) is 0 Å². The number of rotatable bonds is 0. The van der Waals surface area contributed by atoms with Crippen LogP contribution in [0.3, 0.4) is 0 Å². The van der Waals surface area contributed by atoms with Crippen molar-refractivity contribution in [1.29, 1.82) is 0 Å². The summed E-state index contributed by atoms with van der Waals surface area (Å²) in [7, 11) is 0. The molecule has 80 valence electrons. The molecule has 2 aliphatic rings. The lowest BCUT2D eigenvalue weighted by Crippen LogP contribution is -2.42. The van der Waals surface area contributed by atoms with Gasteiger partial charge in [-0.25, -0.2) is 0 Å². The molecule has 0 saturated heterocycles. The molecule has 0 amide bonds. The van der Waals surface area contributed by atoms with Gasteiger partial charge in [-0.15, -0.1) is 11.8 Å². The molecule has 0 saturated carbocycles. The minimum absolute atomic E-state index is 0.0360. The Bertz CT molecular complexity index is 524. The van der Waals surface area contributed by atoms with Crippen LogP contribution in [0.1, 0.15) is 20.8 Å². The molecule has 0 N–H and O–H groups in total. The van der Waals surface area contributed by atoms with Crippen LogP contribution in [0.15, 0.2) is 23.3 Å². The van der Waals surface area contributed by atoms with Crippen LogP contribution < -0.4 is 0 Å². The van der Waals surface area contributed by atoms with Gasteiger partial charge >= 0.3 is 0 Å². The van der Waals surface area contributed by atoms with Crippen molar-refractivity contribution in [3.63, 3.8) is 0 Å². The largest absolute Gasteiger partial charge is 0.292 e. The number of aliphatic imine (C=N–C) groups is 1. The van der Waals surface area contributed by atoms with E-state index in [0.29, 0.717) is 17.8 Å². The Kier molecular flexibility index (Phi) is 2.14. The molecule has 0 bridgehead atoms. The highest BCUT2D eigenvalue weighted by Crippen LogP contribution is 2.28.